The number of aromatic nitrogens is 6. The van der Waals surface area contributed by atoms with Crippen LogP contribution in [-0.4, -0.2) is 29.1 Å². The molecule has 0 atom stereocenters. The van der Waals surface area contributed by atoms with Crippen LogP contribution in [0.3, 0.4) is 0 Å². The monoisotopic (exact) mass is 528 g/mol. The highest BCUT2D eigenvalue weighted by Crippen LogP contribution is 2.25. The normalized spacial score (nSPS) is 11.6. The summed E-state index contributed by atoms with van der Waals surface area (Å²) >= 11 is 0. The molecule has 0 bridgehead atoms. The second-order valence-corrected chi connectivity index (χ2v) is 11.0. The minimum atomic E-state index is 0.803. The van der Waals surface area contributed by atoms with Crippen molar-refractivity contribution in [1.29, 1.82) is 0 Å². The van der Waals surface area contributed by atoms with Gasteiger partial charge in [0.1, 0.15) is 11.6 Å². The van der Waals surface area contributed by atoms with Crippen LogP contribution in [0.15, 0.2) is 73.3 Å². The van der Waals surface area contributed by atoms with Crippen LogP contribution in [-0.2, 0) is 25.9 Å². The molecule has 6 rings (SSSR count). The van der Waals surface area contributed by atoms with Crippen molar-refractivity contribution in [3.63, 3.8) is 0 Å². The van der Waals surface area contributed by atoms with Gasteiger partial charge in [0.15, 0.2) is 0 Å². The van der Waals surface area contributed by atoms with Crippen molar-refractivity contribution in [2.45, 2.75) is 66.5 Å². The molecule has 0 amide bonds. The second-order valence-electron chi connectivity index (χ2n) is 11.0. The topological polar surface area (TPSA) is 61.4 Å². The summed E-state index contributed by atoms with van der Waals surface area (Å²) in [7, 11) is 0. The smallest absolute Gasteiger partial charge is 0.110 e. The molecule has 0 aliphatic heterocycles. The number of hydrogen-bond donors (Lipinski definition) is 0. The Labute approximate surface area is 235 Å². The summed E-state index contributed by atoms with van der Waals surface area (Å²) in [6.07, 6.45) is 11.4. The molecule has 4 aromatic heterocycles. The maximum Gasteiger partial charge on any atom is 0.110 e. The van der Waals surface area contributed by atoms with Crippen molar-refractivity contribution in [2.75, 3.05) is 0 Å². The number of aryl methyl sites for hydroxylation is 6. The van der Waals surface area contributed by atoms with Crippen molar-refractivity contribution < 1.29 is 0 Å². The van der Waals surface area contributed by atoms with Crippen LogP contribution in [0.1, 0.15) is 57.9 Å². The highest BCUT2D eigenvalue weighted by atomic mass is 15.1. The predicted molar refractivity (Wildman–Crippen MR) is 162 cm³/mol. The van der Waals surface area contributed by atoms with Crippen molar-refractivity contribution in [2.24, 2.45) is 0 Å². The second kappa shape index (κ2) is 11.0. The summed E-state index contributed by atoms with van der Waals surface area (Å²) in [6.45, 7) is 10.3. The molecular weight excluding hydrogens is 492 g/mol. The molecule has 0 aliphatic carbocycles. The number of benzene rings is 2. The third kappa shape index (κ3) is 5.26. The Morgan fingerprint density at radius 1 is 0.525 bits per heavy atom. The van der Waals surface area contributed by atoms with Gasteiger partial charge in [-0.1, -0.05) is 0 Å². The summed E-state index contributed by atoms with van der Waals surface area (Å²) in [5, 5.41) is 0. The molecule has 0 unspecified atom stereocenters. The lowest BCUT2D eigenvalue weighted by atomic mass is 10.1. The standard InChI is InChI=1S/C34H36N6/c1-23-17-29-31(19-25(23)3)39(21-27-9-13-35-14-10-27)33(37-29)7-5-6-8-34-38-30-18-24(2)26(4)20-32(30)40(34)22-28-11-15-36-16-12-28/h9-20H,5-8,21-22H2,1-4H3. The Hall–Kier alpha value is -4.32. The van der Waals surface area contributed by atoms with Gasteiger partial charge in [-0.2, -0.15) is 0 Å². The zero-order valence-electron chi connectivity index (χ0n) is 23.9. The van der Waals surface area contributed by atoms with Crippen LogP contribution in [0.2, 0.25) is 0 Å². The summed E-state index contributed by atoms with van der Waals surface area (Å²) < 4.78 is 4.78. The summed E-state index contributed by atoms with van der Waals surface area (Å²) in [6, 6.07) is 17.4. The zero-order chi connectivity index (χ0) is 27.6. The lowest BCUT2D eigenvalue weighted by Crippen LogP contribution is -2.07. The molecule has 6 heteroatoms. The minimum Gasteiger partial charge on any atom is -0.323 e. The number of fused-ring (bicyclic) bond motifs is 2. The van der Waals surface area contributed by atoms with E-state index in [1.165, 1.54) is 44.4 Å². The van der Waals surface area contributed by atoms with Crippen molar-refractivity contribution in [3.8, 4) is 0 Å². The molecule has 0 saturated carbocycles. The zero-order valence-corrected chi connectivity index (χ0v) is 23.9. The molecule has 0 saturated heterocycles. The van der Waals surface area contributed by atoms with Gasteiger partial charge in [-0.05, 0) is 122 Å². The Morgan fingerprint density at radius 3 is 1.30 bits per heavy atom. The van der Waals surface area contributed by atoms with Crippen LogP contribution in [0.25, 0.3) is 22.1 Å². The van der Waals surface area contributed by atoms with Crippen LogP contribution < -0.4 is 0 Å². The maximum atomic E-state index is 5.10. The number of hydrogen-bond acceptors (Lipinski definition) is 4. The van der Waals surface area contributed by atoms with Gasteiger partial charge >= 0.3 is 0 Å². The average Bonchev–Trinajstić information content (AvgIpc) is 3.45. The Balaban J connectivity index is 1.24. The van der Waals surface area contributed by atoms with Gasteiger partial charge in [-0.3, -0.25) is 9.97 Å². The molecule has 0 aliphatic rings. The molecule has 4 heterocycles. The quantitative estimate of drug-likeness (QED) is 0.188. The first-order chi connectivity index (χ1) is 19.5. The Bertz CT molecular complexity index is 1650. The number of imidazole rings is 2. The third-order valence-corrected chi connectivity index (χ3v) is 8.12. The highest BCUT2D eigenvalue weighted by molar-refractivity contribution is 5.79. The first-order valence-corrected chi connectivity index (χ1v) is 14.2. The Kier molecular flexibility index (Phi) is 7.16. The fourth-order valence-electron chi connectivity index (χ4n) is 5.50. The molecular formula is C34H36N6. The average molecular weight is 529 g/mol. The van der Waals surface area contributed by atoms with Crippen LogP contribution >= 0.6 is 0 Å². The van der Waals surface area contributed by atoms with Gasteiger partial charge in [0, 0.05) is 50.7 Å². The molecule has 40 heavy (non-hydrogen) atoms. The summed E-state index contributed by atoms with van der Waals surface area (Å²) in [4.78, 5) is 18.6. The molecule has 6 nitrogen and oxygen atoms in total. The number of rotatable bonds is 9. The summed E-state index contributed by atoms with van der Waals surface area (Å²) in [5.41, 5.74) is 12.2. The molecule has 0 spiro atoms. The third-order valence-electron chi connectivity index (χ3n) is 8.12. The molecule has 0 radical (unpaired) electrons. The largest absolute Gasteiger partial charge is 0.323 e. The lowest BCUT2D eigenvalue weighted by molar-refractivity contribution is 0.637. The van der Waals surface area contributed by atoms with E-state index >= 15 is 0 Å². The fourth-order valence-corrected chi connectivity index (χ4v) is 5.50. The van der Waals surface area contributed by atoms with Crippen LogP contribution in [0.5, 0.6) is 0 Å². The van der Waals surface area contributed by atoms with E-state index in [1.54, 1.807) is 0 Å². The molecule has 0 N–H and O–H groups in total. The van der Waals surface area contributed by atoms with Gasteiger partial charge < -0.3 is 9.13 Å². The number of nitrogens with zero attached hydrogens (tertiary/aromatic N) is 6. The first-order valence-electron chi connectivity index (χ1n) is 14.2. The number of pyridine rings is 2. The molecule has 6 aromatic rings. The fraction of sp³-hybridized carbons (Fsp3) is 0.294. The van der Waals surface area contributed by atoms with Crippen LogP contribution in [0, 0.1) is 27.7 Å². The lowest BCUT2D eigenvalue weighted by Gasteiger charge is -2.11. The van der Waals surface area contributed by atoms with Crippen LogP contribution in [0.4, 0.5) is 0 Å². The van der Waals surface area contributed by atoms with E-state index in [0.29, 0.717) is 0 Å². The van der Waals surface area contributed by atoms with E-state index in [9.17, 15) is 0 Å². The van der Waals surface area contributed by atoms with E-state index in [1.807, 2.05) is 24.8 Å². The van der Waals surface area contributed by atoms with Gasteiger partial charge in [-0.15, -0.1) is 0 Å². The summed E-state index contributed by atoms with van der Waals surface area (Å²) in [5.74, 6) is 2.29. The van der Waals surface area contributed by atoms with E-state index in [2.05, 4.69) is 95.3 Å². The molecule has 2 aromatic carbocycles. The van der Waals surface area contributed by atoms with Gasteiger partial charge in [0.05, 0.1) is 22.1 Å². The molecule has 202 valence electrons. The van der Waals surface area contributed by atoms with E-state index in [0.717, 1.165) is 61.5 Å². The highest BCUT2D eigenvalue weighted by Gasteiger charge is 2.15. The van der Waals surface area contributed by atoms with Gasteiger partial charge in [0.2, 0.25) is 0 Å². The van der Waals surface area contributed by atoms with Gasteiger partial charge in [0.25, 0.3) is 0 Å². The molecule has 0 fully saturated rings. The minimum absolute atomic E-state index is 0.803. The van der Waals surface area contributed by atoms with Crippen molar-refractivity contribution in [3.05, 3.63) is 118 Å². The van der Waals surface area contributed by atoms with Crippen molar-refractivity contribution in [1.82, 2.24) is 29.1 Å². The number of unbranched alkanes of at least 4 members (excludes halogenated alkanes) is 1. The maximum absolute atomic E-state index is 5.10. The Morgan fingerprint density at radius 2 is 0.900 bits per heavy atom. The van der Waals surface area contributed by atoms with E-state index in [-0.39, 0.29) is 0 Å². The van der Waals surface area contributed by atoms with E-state index in [4.69, 9.17) is 9.97 Å². The SMILES string of the molecule is Cc1cc2nc(CCCCc3nc4cc(C)c(C)cc4n3Cc3ccncc3)n(Cc3ccncc3)c2cc1C. The predicted octanol–water partition coefficient (Wildman–Crippen LogP) is 7.07. The van der Waals surface area contributed by atoms with E-state index < -0.39 is 0 Å². The first kappa shape index (κ1) is 25.9. The van der Waals surface area contributed by atoms with Gasteiger partial charge in [-0.25, -0.2) is 9.97 Å². The van der Waals surface area contributed by atoms with Crippen molar-refractivity contribution >= 4 is 22.1 Å².